The first-order valence-corrected chi connectivity index (χ1v) is 6.64. The molecule has 0 aromatic heterocycles. The summed E-state index contributed by atoms with van der Waals surface area (Å²) in [7, 11) is 0. The molecule has 0 spiro atoms. The summed E-state index contributed by atoms with van der Waals surface area (Å²) in [6.07, 6.45) is -0.754. The topological polar surface area (TPSA) is 63.3 Å². The van der Waals surface area contributed by atoms with Crippen molar-refractivity contribution in [3.05, 3.63) is 58.7 Å². The number of carboxylic acids is 1. The highest BCUT2D eigenvalue weighted by atomic mass is 35.5. The van der Waals surface area contributed by atoms with Crippen LogP contribution in [0.15, 0.2) is 24.3 Å². The molecule has 0 fully saturated rings. The van der Waals surface area contributed by atoms with Crippen molar-refractivity contribution in [1.29, 1.82) is 0 Å². The third kappa shape index (κ3) is 3.52. The molecular weight excluding hydrogens is 350 g/mol. The van der Waals surface area contributed by atoms with Crippen LogP contribution in [0.4, 0.5) is 17.6 Å². The Morgan fingerprint density at radius 2 is 1.71 bits per heavy atom. The van der Waals surface area contributed by atoms with Crippen molar-refractivity contribution >= 4 is 18.4 Å². The van der Waals surface area contributed by atoms with Crippen LogP contribution < -0.4 is 5.73 Å². The monoisotopic (exact) mass is 363 g/mol. The fourth-order valence-corrected chi connectivity index (χ4v) is 2.33. The normalized spacial score (nSPS) is 11.8. The number of hydrogen-bond acceptors (Lipinski definition) is 2. The Hall–Kier alpha value is -2.12. The van der Waals surface area contributed by atoms with Crippen molar-refractivity contribution in [2.24, 2.45) is 5.73 Å². The van der Waals surface area contributed by atoms with E-state index in [1.165, 1.54) is 12.1 Å². The molecule has 0 radical (unpaired) electrons. The molecule has 0 amide bonds. The predicted octanol–water partition coefficient (Wildman–Crippen LogP) is 4.11. The Balaban J connectivity index is 0.00000288. The molecule has 0 saturated carbocycles. The molecule has 3 nitrogen and oxygen atoms in total. The lowest BCUT2D eigenvalue weighted by Gasteiger charge is -2.18. The van der Waals surface area contributed by atoms with Crippen molar-refractivity contribution in [1.82, 2.24) is 0 Å². The highest BCUT2D eigenvalue weighted by Crippen LogP contribution is 2.36. The van der Waals surface area contributed by atoms with Crippen molar-refractivity contribution in [3.63, 3.8) is 0 Å². The maximum absolute atomic E-state index is 14.6. The van der Waals surface area contributed by atoms with Crippen LogP contribution in [0, 0.1) is 30.2 Å². The summed E-state index contributed by atoms with van der Waals surface area (Å²) >= 11 is 0. The standard InChI is InChI=1S/C16H13F4NO2.ClH/c1-7-14(18)12(8-4-2-3-5-9(8)17)16(20)13(15(7)19)10(21)6-11(22)23;/h2-5,10H,6,21H2,1H3,(H,22,23);1H. The van der Waals surface area contributed by atoms with Crippen LogP contribution in [0.1, 0.15) is 23.6 Å². The quantitative estimate of drug-likeness (QED) is 0.803. The zero-order valence-corrected chi connectivity index (χ0v) is 13.3. The molecule has 0 aliphatic rings. The average Bonchev–Trinajstić information content (AvgIpc) is 2.46. The van der Waals surface area contributed by atoms with E-state index in [2.05, 4.69) is 0 Å². The lowest BCUT2D eigenvalue weighted by molar-refractivity contribution is -0.137. The van der Waals surface area contributed by atoms with Gasteiger partial charge in [0.05, 0.1) is 12.0 Å². The maximum atomic E-state index is 14.6. The van der Waals surface area contributed by atoms with Crippen LogP contribution in [-0.4, -0.2) is 11.1 Å². The molecule has 1 atom stereocenters. The summed E-state index contributed by atoms with van der Waals surface area (Å²) in [5, 5.41) is 8.72. The average molecular weight is 364 g/mol. The van der Waals surface area contributed by atoms with Crippen molar-refractivity contribution < 1.29 is 27.5 Å². The number of rotatable bonds is 4. The largest absolute Gasteiger partial charge is 0.481 e. The fraction of sp³-hybridized carbons (Fsp3) is 0.188. The minimum atomic E-state index is -1.53. The van der Waals surface area contributed by atoms with Crippen LogP contribution >= 0.6 is 12.4 Å². The number of hydrogen-bond donors (Lipinski definition) is 2. The third-order valence-electron chi connectivity index (χ3n) is 3.48. The zero-order valence-electron chi connectivity index (χ0n) is 12.4. The Morgan fingerprint density at radius 1 is 1.12 bits per heavy atom. The van der Waals surface area contributed by atoms with Gasteiger partial charge in [0.2, 0.25) is 0 Å². The number of benzene rings is 2. The third-order valence-corrected chi connectivity index (χ3v) is 3.48. The summed E-state index contributed by atoms with van der Waals surface area (Å²) in [6.45, 7) is 1.05. The molecule has 3 N–H and O–H groups in total. The highest BCUT2D eigenvalue weighted by Gasteiger charge is 2.29. The second-order valence-electron chi connectivity index (χ2n) is 5.04. The summed E-state index contributed by atoms with van der Waals surface area (Å²) < 4.78 is 56.9. The van der Waals surface area contributed by atoms with Crippen LogP contribution in [0.5, 0.6) is 0 Å². The predicted molar refractivity (Wildman–Crippen MR) is 82.9 cm³/mol. The lowest BCUT2D eigenvalue weighted by atomic mass is 9.93. The van der Waals surface area contributed by atoms with E-state index in [4.69, 9.17) is 10.8 Å². The Labute approximate surface area is 141 Å². The van der Waals surface area contributed by atoms with Gasteiger partial charge in [-0.25, -0.2) is 17.6 Å². The Bertz CT molecular complexity index is 783. The van der Waals surface area contributed by atoms with E-state index in [0.29, 0.717) is 0 Å². The lowest BCUT2D eigenvalue weighted by Crippen LogP contribution is -2.20. The molecule has 130 valence electrons. The molecule has 8 heteroatoms. The molecule has 0 aliphatic carbocycles. The minimum absolute atomic E-state index is 0. The number of carboxylic acid groups (broad SMARTS) is 1. The van der Waals surface area contributed by atoms with Gasteiger partial charge < -0.3 is 10.8 Å². The number of aliphatic carboxylic acids is 1. The maximum Gasteiger partial charge on any atom is 0.305 e. The van der Waals surface area contributed by atoms with E-state index in [9.17, 15) is 22.4 Å². The molecule has 24 heavy (non-hydrogen) atoms. The van der Waals surface area contributed by atoms with E-state index in [0.717, 1.165) is 19.1 Å². The van der Waals surface area contributed by atoms with Crippen LogP contribution in [0.2, 0.25) is 0 Å². The minimum Gasteiger partial charge on any atom is -0.481 e. The molecule has 0 saturated heterocycles. The Kier molecular flexibility index (Phi) is 6.34. The summed E-state index contributed by atoms with van der Waals surface area (Å²) in [4.78, 5) is 10.7. The van der Waals surface area contributed by atoms with Gasteiger partial charge >= 0.3 is 5.97 Å². The van der Waals surface area contributed by atoms with Crippen molar-refractivity contribution in [3.8, 4) is 11.1 Å². The Morgan fingerprint density at radius 3 is 2.25 bits per heavy atom. The van der Waals surface area contributed by atoms with Crippen molar-refractivity contribution in [2.45, 2.75) is 19.4 Å². The molecular formula is C16H14ClF4NO2. The van der Waals surface area contributed by atoms with E-state index in [1.807, 2.05) is 0 Å². The van der Waals surface area contributed by atoms with E-state index < -0.39 is 64.0 Å². The van der Waals surface area contributed by atoms with Gasteiger partial charge in [-0.3, -0.25) is 4.79 Å². The molecule has 2 aromatic carbocycles. The second-order valence-corrected chi connectivity index (χ2v) is 5.04. The summed E-state index contributed by atoms with van der Waals surface area (Å²) in [6, 6.07) is 3.32. The molecule has 2 aromatic rings. The van der Waals surface area contributed by atoms with E-state index >= 15 is 0 Å². The number of carbonyl (C=O) groups is 1. The first-order valence-electron chi connectivity index (χ1n) is 6.64. The van der Waals surface area contributed by atoms with E-state index in [1.54, 1.807) is 0 Å². The van der Waals surface area contributed by atoms with Gasteiger partial charge in [0.15, 0.2) is 0 Å². The smallest absolute Gasteiger partial charge is 0.305 e. The van der Waals surface area contributed by atoms with Gasteiger partial charge in [0, 0.05) is 22.7 Å². The van der Waals surface area contributed by atoms with E-state index in [-0.39, 0.29) is 12.4 Å². The van der Waals surface area contributed by atoms with Gasteiger partial charge in [-0.15, -0.1) is 12.4 Å². The zero-order chi connectivity index (χ0) is 17.3. The van der Waals surface area contributed by atoms with Crippen LogP contribution in [-0.2, 0) is 4.79 Å². The van der Waals surface area contributed by atoms with Gasteiger partial charge in [0.1, 0.15) is 23.3 Å². The first-order chi connectivity index (χ1) is 10.8. The van der Waals surface area contributed by atoms with Crippen LogP contribution in [0.25, 0.3) is 11.1 Å². The molecule has 1 unspecified atom stereocenters. The van der Waals surface area contributed by atoms with Gasteiger partial charge in [-0.05, 0) is 13.0 Å². The molecule has 0 heterocycles. The first kappa shape index (κ1) is 19.9. The number of nitrogens with two attached hydrogens (primary N) is 1. The fourth-order valence-electron chi connectivity index (χ4n) is 2.33. The molecule has 0 aliphatic heterocycles. The summed E-state index contributed by atoms with van der Waals surface area (Å²) in [5.74, 6) is -6.19. The molecule has 2 rings (SSSR count). The van der Waals surface area contributed by atoms with Gasteiger partial charge in [-0.2, -0.15) is 0 Å². The number of halogens is 5. The second kappa shape index (κ2) is 7.63. The highest BCUT2D eigenvalue weighted by molar-refractivity contribution is 5.85. The van der Waals surface area contributed by atoms with Gasteiger partial charge in [0.25, 0.3) is 0 Å². The van der Waals surface area contributed by atoms with Crippen LogP contribution in [0.3, 0.4) is 0 Å². The SMILES string of the molecule is Cc1c(F)c(-c2ccccc2F)c(F)c(C(N)CC(=O)O)c1F.Cl. The van der Waals surface area contributed by atoms with Gasteiger partial charge in [-0.1, -0.05) is 18.2 Å². The van der Waals surface area contributed by atoms with Crippen molar-refractivity contribution in [2.75, 3.05) is 0 Å². The molecule has 0 bridgehead atoms. The summed E-state index contributed by atoms with van der Waals surface area (Å²) in [5.41, 5.74) is 3.04.